The van der Waals surface area contributed by atoms with Gasteiger partial charge in [-0.3, -0.25) is 4.79 Å². The molecule has 0 aliphatic heterocycles. The van der Waals surface area contributed by atoms with Crippen LogP contribution >= 0.6 is 0 Å². The number of ether oxygens (including phenoxy) is 2. The number of carbonyl (C=O) groups excluding carboxylic acids is 1. The lowest BCUT2D eigenvalue weighted by Gasteiger charge is -2.14. The fourth-order valence-corrected chi connectivity index (χ4v) is 2.75. The summed E-state index contributed by atoms with van der Waals surface area (Å²) < 4.78 is 10.8. The first kappa shape index (κ1) is 18.3. The molecule has 0 radical (unpaired) electrons. The van der Waals surface area contributed by atoms with Crippen LogP contribution in [-0.4, -0.2) is 20.1 Å². The molecule has 0 spiro atoms. The van der Waals surface area contributed by atoms with E-state index in [2.05, 4.69) is 10.6 Å². The van der Waals surface area contributed by atoms with Crippen LogP contribution in [0, 0.1) is 0 Å². The fourth-order valence-electron chi connectivity index (χ4n) is 2.75. The van der Waals surface area contributed by atoms with Gasteiger partial charge in [0.05, 0.1) is 19.9 Å². The largest absolute Gasteiger partial charge is 0.496 e. The summed E-state index contributed by atoms with van der Waals surface area (Å²) in [5, 5.41) is 6.22. The predicted octanol–water partition coefficient (Wildman–Crippen LogP) is 4.57. The molecule has 0 saturated heterocycles. The second-order valence-corrected chi connectivity index (χ2v) is 5.90. The van der Waals surface area contributed by atoms with E-state index < -0.39 is 0 Å². The molecule has 0 atom stereocenters. The summed E-state index contributed by atoms with van der Waals surface area (Å²) in [5.74, 6) is 1.30. The van der Waals surface area contributed by atoms with Gasteiger partial charge in [-0.25, -0.2) is 0 Å². The van der Waals surface area contributed by atoms with Gasteiger partial charge in [0.15, 0.2) is 0 Å². The Balaban J connectivity index is 1.78. The van der Waals surface area contributed by atoms with Crippen LogP contribution in [0.25, 0.3) is 0 Å². The first-order valence-corrected chi connectivity index (χ1v) is 8.61. The molecule has 0 aliphatic rings. The van der Waals surface area contributed by atoms with Crippen LogP contribution < -0.4 is 20.1 Å². The Labute approximate surface area is 158 Å². The number of benzene rings is 3. The van der Waals surface area contributed by atoms with Gasteiger partial charge < -0.3 is 20.1 Å². The molecule has 1 amide bonds. The summed E-state index contributed by atoms with van der Waals surface area (Å²) in [4.78, 5) is 12.5. The molecular weight excluding hydrogens is 340 g/mol. The molecule has 27 heavy (non-hydrogen) atoms. The highest BCUT2D eigenvalue weighted by atomic mass is 16.5. The molecule has 0 aromatic heterocycles. The van der Waals surface area contributed by atoms with Crippen LogP contribution in [0.5, 0.6) is 11.5 Å². The molecule has 0 saturated carbocycles. The smallest absolute Gasteiger partial charge is 0.255 e. The Morgan fingerprint density at radius 2 is 1.56 bits per heavy atom. The molecule has 5 heteroatoms. The normalized spacial score (nSPS) is 10.1. The number of methoxy groups -OCH3 is 2. The summed E-state index contributed by atoms with van der Waals surface area (Å²) in [6, 6.07) is 22.5. The van der Waals surface area contributed by atoms with E-state index in [1.807, 2.05) is 54.6 Å². The van der Waals surface area contributed by atoms with Gasteiger partial charge in [-0.05, 0) is 36.4 Å². The van der Waals surface area contributed by atoms with Gasteiger partial charge in [0, 0.05) is 23.4 Å². The van der Waals surface area contributed by atoms with Crippen LogP contribution in [0.15, 0.2) is 72.8 Å². The number of amides is 1. The summed E-state index contributed by atoms with van der Waals surface area (Å²) >= 11 is 0. The summed E-state index contributed by atoms with van der Waals surface area (Å²) in [6.45, 7) is 0.546. The number of nitrogens with one attached hydrogen (secondary N) is 2. The average Bonchev–Trinajstić information content (AvgIpc) is 2.72. The van der Waals surface area contributed by atoms with Crippen molar-refractivity contribution < 1.29 is 14.3 Å². The number of carbonyl (C=O) groups is 1. The van der Waals surface area contributed by atoms with E-state index in [1.165, 1.54) is 0 Å². The third-order valence-corrected chi connectivity index (χ3v) is 4.16. The van der Waals surface area contributed by atoms with Crippen molar-refractivity contribution in [3.05, 3.63) is 83.9 Å². The highest BCUT2D eigenvalue weighted by Crippen LogP contribution is 2.28. The summed E-state index contributed by atoms with van der Waals surface area (Å²) in [6.07, 6.45) is 0. The first-order valence-electron chi connectivity index (χ1n) is 8.61. The van der Waals surface area contributed by atoms with Gasteiger partial charge in [0.1, 0.15) is 11.5 Å². The molecule has 2 N–H and O–H groups in total. The molecule has 0 unspecified atom stereocenters. The van der Waals surface area contributed by atoms with Gasteiger partial charge in [-0.2, -0.15) is 0 Å². The van der Waals surface area contributed by atoms with Crippen molar-refractivity contribution in [2.75, 3.05) is 24.9 Å². The Hall–Kier alpha value is -3.47. The third kappa shape index (κ3) is 4.58. The van der Waals surface area contributed by atoms with Crippen LogP contribution in [0.3, 0.4) is 0 Å². The van der Waals surface area contributed by atoms with Crippen LogP contribution in [0.2, 0.25) is 0 Å². The zero-order valence-electron chi connectivity index (χ0n) is 15.4. The summed E-state index contributed by atoms with van der Waals surface area (Å²) in [7, 11) is 3.25. The highest BCUT2D eigenvalue weighted by molar-refractivity contribution is 6.05. The lowest BCUT2D eigenvalue weighted by molar-refractivity contribution is 0.102. The molecule has 3 aromatic rings. The monoisotopic (exact) mass is 362 g/mol. The molecule has 0 aliphatic carbocycles. The van der Waals surface area contributed by atoms with Crippen molar-refractivity contribution in [2.45, 2.75) is 6.54 Å². The van der Waals surface area contributed by atoms with E-state index in [4.69, 9.17) is 9.47 Å². The van der Waals surface area contributed by atoms with E-state index >= 15 is 0 Å². The first-order chi connectivity index (χ1) is 13.2. The predicted molar refractivity (Wildman–Crippen MR) is 108 cm³/mol. The number of hydrogen-bond acceptors (Lipinski definition) is 4. The average molecular weight is 362 g/mol. The molecule has 138 valence electrons. The number of anilines is 2. The number of para-hydroxylation sites is 2. The van der Waals surface area contributed by atoms with Crippen LogP contribution in [0.1, 0.15) is 15.9 Å². The van der Waals surface area contributed by atoms with Crippen molar-refractivity contribution in [3.8, 4) is 11.5 Å². The van der Waals surface area contributed by atoms with Crippen molar-refractivity contribution in [2.24, 2.45) is 0 Å². The van der Waals surface area contributed by atoms with Crippen molar-refractivity contribution in [1.82, 2.24) is 0 Å². The number of hydrogen-bond donors (Lipinski definition) is 2. The molecular formula is C22H22N2O3. The Bertz CT molecular complexity index is 910. The SMILES string of the molecule is COc1ccccc1CNc1cc(C(=O)Nc2ccccc2)ccc1OC. The Morgan fingerprint density at radius 1 is 0.852 bits per heavy atom. The van der Waals surface area contributed by atoms with E-state index in [0.29, 0.717) is 17.9 Å². The van der Waals surface area contributed by atoms with E-state index in [1.54, 1.807) is 32.4 Å². The van der Waals surface area contributed by atoms with Crippen LogP contribution in [-0.2, 0) is 6.54 Å². The van der Waals surface area contributed by atoms with Gasteiger partial charge in [0.25, 0.3) is 5.91 Å². The minimum Gasteiger partial charge on any atom is -0.496 e. The van der Waals surface area contributed by atoms with Gasteiger partial charge >= 0.3 is 0 Å². The van der Waals surface area contributed by atoms with E-state index in [0.717, 1.165) is 22.7 Å². The molecule has 3 rings (SSSR count). The van der Waals surface area contributed by atoms with Crippen molar-refractivity contribution in [3.63, 3.8) is 0 Å². The Kier molecular flexibility index (Phi) is 5.94. The second-order valence-electron chi connectivity index (χ2n) is 5.90. The Morgan fingerprint density at radius 3 is 2.30 bits per heavy atom. The summed E-state index contributed by atoms with van der Waals surface area (Å²) in [5.41, 5.74) is 3.05. The molecule has 0 bridgehead atoms. The maximum atomic E-state index is 12.5. The molecule has 3 aromatic carbocycles. The maximum Gasteiger partial charge on any atom is 0.255 e. The topological polar surface area (TPSA) is 59.6 Å². The van der Waals surface area contributed by atoms with Gasteiger partial charge in [-0.1, -0.05) is 36.4 Å². The minimum atomic E-state index is -0.177. The van der Waals surface area contributed by atoms with E-state index in [9.17, 15) is 4.79 Å². The quantitative estimate of drug-likeness (QED) is 0.646. The molecule has 5 nitrogen and oxygen atoms in total. The van der Waals surface area contributed by atoms with E-state index in [-0.39, 0.29) is 5.91 Å². The molecule has 0 heterocycles. The highest BCUT2D eigenvalue weighted by Gasteiger charge is 2.11. The fraction of sp³-hybridized carbons (Fsp3) is 0.136. The zero-order valence-corrected chi connectivity index (χ0v) is 15.4. The zero-order chi connectivity index (χ0) is 19.1. The van der Waals surface area contributed by atoms with Crippen LogP contribution in [0.4, 0.5) is 11.4 Å². The lowest BCUT2D eigenvalue weighted by Crippen LogP contribution is -2.12. The maximum absolute atomic E-state index is 12.5. The second kappa shape index (κ2) is 8.76. The minimum absolute atomic E-state index is 0.177. The lowest BCUT2D eigenvalue weighted by atomic mass is 10.1. The van der Waals surface area contributed by atoms with Crippen molar-refractivity contribution in [1.29, 1.82) is 0 Å². The van der Waals surface area contributed by atoms with Gasteiger partial charge in [0.2, 0.25) is 0 Å². The molecule has 0 fully saturated rings. The number of rotatable bonds is 7. The standard InChI is InChI=1S/C22H22N2O3/c1-26-20-11-7-6-8-17(20)15-23-19-14-16(12-13-21(19)27-2)22(25)24-18-9-4-3-5-10-18/h3-14,23H,15H2,1-2H3,(H,24,25). The van der Waals surface area contributed by atoms with Gasteiger partial charge in [-0.15, -0.1) is 0 Å². The van der Waals surface area contributed by atoms with Crippen molar-refractivity contribution >= 4 is 17.3 Å². The third-order valence-electron chi connectivity index (χ3n) is 4.16.